The number of ether oxygens (including phenoxy) is 3. The molecule has 1 N–H and O–H groups in total. The molecule has 5 rings (SSSR count). The molecular formula is C30H26N2O8S. The number of carbonyl (C=O) groups is 2. The topological polar surface area (TPSA) is 130 Å². The highest BCUT2D eigenvalue weighted by molar-refractivity contribution is 7.07. The first-order chi connectivity index (χ1) is 19.7. The summed E-state index contributed by atoms with van der Waals surface area (Å²) in [5.74, 6) is 0.354. The minimum Gasteiger partial charge on any atom is -0.497 e. The van der Waals surface area contributed by atoms with Gasteiger partial charge in [0.1, 0.15) is 23.0 Å². The number of fused-ring (bicyclic) bond motifs is 1. The highest BCUT2D eigenvalue weighted by Gasteiger charge is 2.34. The highest BCUT2D eigenvalue weighted by Crippen LogP contribution is 2.35. The summed E-state index contributed by atoms with van der Waals surface area (Å²) in [6.07, 6.45) is 1.62. The van der Waals surface area contributed by atoms with Crippen molar-refractivity contribution in [2.75, 3.05) is 20.8 Å². The van der Waals surface area contributed by atoms with Gasteiger partial charge >= 0.3 is 11.9 Å². The van der Waals surface area contributed by atoms with Crippen molar-refractivity contribution in [2.45, 2.75) is 19.9 Å². The van der Waals surface area contributed by atoms with Crippen LogP contribution in [0.25, 0.3) is 17.4 Å². The summed E-state index contributed by atoms with van der Waals surface area (Å²) in [7, 11) is 3.05. The number of hydrogen-bond acceptors (Lipinski definition) is 9. The number of furan rings is 1. The molecule has 11 heteroatoms. The van der Waals surface area contributed by atoms with Gasteiger partial charge in [0.2, 0.25) is 0 Å². The number of rotatable bonds is 8. The van der Waals surface area contributed by atoms with E-state index in [1.165, 1.54) is 42.3 Å². The average molecular weight is 575 g/mol. The van der Waals surface area contributed by atoms with E-state index in [1.807, 2.05) is 0 Å². The largest absolute Gasteiger partial charge is 0.497 e. The predicted octanol–water partition coefficient (Wildman–Crippen LogP) is 3.77. The molecule has 10 nitrogen and oxygen atoms in total. The number of nitrogens with zero attached hydrogens (tertiary/aromatic N) is 2. The number of allylic oxidation sites excluding steroid dienone is 1. The molecule has 0 aliphatic carbocycles. The van der Waals surface area contributed by atoms with Crippen LogP contribution in [0, 0.1) is 0 Å². The molecule has 0 saturated heterocycles. The number of carboxylic acid groups (broad SMARTS) is 1. The number of aromatic carboxylic acids is 1. The molecule has 1 atom stereocenters. The summed E-state index contributed by atoms with van der Waals surface area (Å²) in [6, 6.07) is 14.1. The smallest absolute Gasteiger partial charge is 0.338 e. The SMILES string of the molecule is CCOC(=O)C1=C(C)N=c2s/c(=C\c3ccc(-c4ccc(C(=O)O)cc4)o3)c(=O)n2C1c1cc(OC)cc(OC)c1. The second kappa shape index (κ2) is 11.3. The van der Waals surface area contributed by atoms with E-state index in [2.05, 4.69) is 4.99 Å². The van der Waals surface area contributed by atoms with E-state index >= 15 is 0 Å². The van der Waals surface area contributed by atoms with Gasteiger partial charge in [0.05, 0.1) is 48.2 Å². The quantitative estimate of drug-likeness (QED) is 0.315. The van der Waals surface area contributed by atoms with Crippen LogP contribution in [0.15, 0.2) is 80.1 Å². The molecule has 1 aliphatic rings. The van der Waals surface area contributed by atoms with Crippen LogP contribution in [-0.4, -0.2) is 42.4 Å². The molecule has 1 aliphatic heterocycles. The van der Waals surface area contributed by atoms with Crippen molar-refractivity contribution in [1.29, 1.82) is 0 Å². The normalized spacial score (nSPS) is 14.8. The Balaban J connectivity index is 1.63. The van der Waals surface area contributed by atoms with Gasteiger partial charge in [0.25, 0.3) is 5.56 Å². The van der Waals surface area contributed by atoms with Crippen LogP contribution in [0.2, 0.25) is 0 Å². The Kier molecular flexibility index (Phi) is 7.62. The molecule has 210 valence electrons. The lowest BCUT2D eigenvalue weighted by Gasteiger charge is -2.25. The predicted molar refractivity (Wildman–Crippen MR) is 151 cm³/mol. The minimum absolute atomic E-state index is 0.161. The van der Waals surface area contributed by atoms with Crippen LogP contribution in [0.5, 0.6) is 11.5 Å². The Morgan fingerprint density at radius 3 is 2.37 bits per heavy atom. The molecule has 2 aromatic heterocycles. The molecule has 3 heterocycles. The van der Waals surface area contributed by atoms with Crippen molar-refractivity contribution in [3.05, 3.63) is 102 Å². The molecule has 0 bridgehead atoms. The lowest BCUT2D eigenvalue weighted by Crippen LogP contribution is -2.40. The molecule has 0 spiro atoms. The number of carbonyl (C=O) groups excluding carboxylic acids is 1. The molecule has 1 unspecified atom stereocenters. The summed E-state index contributed by atoms with van der Waals surface area (Å²) >= 11 is 1.17. The van der Waals surface area contributed by atoms with Crippen LogP contribution in [0.4, 0.5) is 0 Å². The fourth-order valence-electron chi connectivity index (χ4n) is 4.59. The van der Waals surface area contributed by atoms with Crippen molar-refractivity contribution >= 4 is 29.4 Å². The van der Waals surface area contributed by atoms with E-state index in [-0.39, 0.29) is 23.3 Å². The van der Waals surface area contributed by atoms with Crippen molar-refractivity contribution in [3.8, 4) is 22.8 Å². The zero-order valence-corrected chi connectivity index (χ0v) is 23.5. The first-order valence-corrected chi connectivity index (χ1v) is 13.4. The zero-order valence-electron chi connectivity index (χ0n) is 22.7. The molecule has 41 heavy (non-hydrogen) atoms. The third-order valence-corrected chi connectivity index (χ3v) is 7.51. The maximum Gasteiger partial charge on any atom is 0.338 e. The van der Waals surface area contributed by atoms with Crippen molar-refractivity contribution in [2.24, 2.45) is 4.99 Å². The Morgan fingerprint density at radius 2 is 1.76 bits per heavy atom. The Hall–Kier alpha value is -4.90. The summed E-state index contributed by atoms with van der Waals surface area (Å²) in [5, 5.41) is 9.14. The van der Waals surface area contributed by atoms with Gasteiger partial charge in [-0.3, -0.25) is 9.36 Å². The second-order valence-electron chi connectivity index (χ2n) is 9.03. The lowest BCUT2D eigenvalue weighted by molar-refractivity contribution is -0.139. The highest BCUT2D eigenvalue weighted by atomic mass is 32.1. The maximum atomic E-state index is 13.9. The summed E-state index contributed by atoms with van der Waals surface area (Å²) in [5.41, 5.74) is 1.77. The fraction of sp³-hybridized carbons (Fsp3) is 0.200. The van der Waals surface area contributed by atoms with E-state index in [1.54, 1.807) is 62.4 Å². The van der Waals surface area contributed by atoms with Gasteiger partial charge in [-0.25, -0.2) is 14.6 Å². The first kappa shape index (κ1) is 27.7. The van der Waals surface area contributed by atoms with Gasteiger partial charge in [-0.2, -0.15) is 0 Å². The third-order valence-electron chi connectivity index (χ3n) is 6.52. The fourth-order valence-corrected chi connectivity index (χ4v) is 5.61. The maximum absolute atomic E-state index is 13.9. The van der Waals surface area contributed by atoms with Crippen molar-refractivity contribution in [3.63, 3.8) is 0 Å². The second-order valence-corrected chi connectivity index (χ2v) is 10.0. The van der Waals surface area contributed by atoms with Gasteiger partial charge in [-0.05, 0) is 55.8 Å². The molecular weight excluding hydrogens is 548 g/mol. The van der Waals surface area contributed by atoms with E-state index < -0.39 is 18.0 Å². The molecule has 0 fully saturated rings. The van der Waals surface area contributed by atoms with Crippen molar-refractivity contribution < 1.29 is 33.3 Å². The third kappa shape index (κ3) is 5.31. The summed E-state index contributed by atoms with van der Waals surface area (Å²) < 4.78 is 24.0. The monoisotopic (exact) mass is 574 g/mol. The zero-order chi connectivity index (χ0) is 29.3. The van der Waals surface area contributed by atoms with E-state index in [9.17, 15) is 14.4 Å². The number of thiazole rings is 1. The number of carboxylic acids is 1. The molecule has 2 aromatic carbocycles. The number of esters is 1. The molecule has 0 radical (unpaired) electrons. The molecule has 0 amide bonds. The Bertz CT molecular complexity index is 1840. The van der Waals surface area contributed by atoms with Crippen LogP contribution in [0.3, 0.4) is 0 Å². The number of methoxy groups -OCH3 is 2. The lowest BCUT2D eigenvalue weighted by atomic mass is 9.95. The van der Waals surface area contributed by atoms with Gasteiger partial charge in [0, 0.05) is 17.7 Å². The van der Waals surface area contributed by atoms with Gasteiger partial charge in [-0.15, -0.1) is 0 Å². The van der Waals surface area contributed by atoms with Crippen LogP contribution < -0.4 is 24.4 Å². The molecule has 4 aromatic rings. The van der Waals surface area contributed by atoms with Crippen LogP contribution in [0.1, 0.15) is 41.6 Å². The summed E-state index contributed by atoms with van der Waals surface area (Å²) in [6.45, 7) is 3.58. The average Bonchev–Trinajstić information content (AvgIpc) is 3.56. The molecule has 0 saturated carbocycles. The van der Waals surface area contributed by atoms with Gasteiger partial charge in [-0.1, -0.05) is 23.5 Å². The van der Waals surface area contributed by atoms with Crippen LogP contribution >= 0.6 is 11.3 Å². The van der Waals surface area contributed by atoms with E-state index in [4.69, 9.17) is 23.7 Å². The van der Waals surface area contributed by atoms with Gasteiger partial charge in [0.15, 0.2) is 4.80 Å². The van der Waals surface area contributed by atoms with Gasteiger partial charge < -0.3 is 23.7 Å². The first-order valence-electron chi connectivity index (χ1n) is 12.6. The number of benzene rings is 2. The minimum atomic E-state index is -1.01. The Labute approximate surface area is 238 Å². The van der Waals surface area contributed by atoms with E-state index in [0.29, 0.717) is 49.2 Å². The number of hydrogen-bond donors (Lipinski definition) is 1. The summed E-state index contributed by atoms with van der Waals surface area (Å²) in [4.78, 5) is 43.2. The Morgan fingerprint density at radius 1 is 1.07 bits per heavy atom. The van der Waals surface area contributed by atoms with Crippen molar-refractivity contribution in [1.82, 2.24) is 4.57 Å². The number of aromatic nitrogens is 1. The van der Waals surface area contributed by atoms with Crippen LogP contribution in [-0.2, 0) is 9.53 Å². The van der Waals surface area contributed by atoms with E-state index in [0.717, 1.165) is 0 Å². The standard InChI is InChI=1S/C30H26N2O8S/c1-5-39-29(36)25-16(2)31-30-32(26(25)19-12-21(37-3)14-22(13-19)38-4)27(33)24(41-30)15-20-10-11-23(40-20)17-6-8-18(9-7-17)28(34)35/h6-15,26H,5H2,1-4H3,(H,34,35)/b24-15-.